The molecule has 0 rings (SSSR count). The topological polar surface area (TPSA) is 89.8 Å². The Hall–Kier alpha value is -0.940. The van der Waals surface area contributed by atoms with Crippen LogP contribution < -0.4 is 0 Å². The summed E-state index contributed by atoms with van der Waals surface area (Å²) in [6.45, 7) is 40.6. The van der Waals surface area contributed by atoms with Gasteiger partial charge in [0.05, 0.1) is 22.4 Å². The van der Waals surface area contributed by atoms with Crippen molar-refractivity contribution in [2.45, 2.75) is 243 Å². The van der Waals surface area contributed by atoms with Gasteiger partial charge in [0.25, 0.3) is 0 Å². The number of ether oxygens (including phenoxy) is 1. The normalized spacial score (nSPS) is 17.0. The second-order valence-corrected chi connectivity index (χ2v) is 16.9. The first-order valence-corrected chi connectivity index (χ1v) is 20.7. The third kappa shape index (κ3) is 43.4. The van der Waals surface area contributed by atoms with Crippen molar-refractivity contribution in [3.63, 3.8) is 0 Å². The molecular formula is C46H94O5. The van der Waals surface area contributed by atoms with Gasteiger partial charge in [-0.05, 0) is 143 Å². The van der Waals surface area contributed by atoms with Crippen LogP contribution in [0, 0.1) is 24.4 Å². The molecule has 0 aliphatic carbocycles. The third-order valence-corrected chi connectivity index (χ3v) is 11.0. The van der Waals surface area contributed by atoms with E-state index in [9.17, 15) is 15.3 Å². The number of rotatable bonds is 22. The van der Waals surface area contributed by atoms with E-state index in [0.29, 0.717) is 0 Å². The van der Waals surface area contributed by atoms with Crippen LogP contribution in [0.5, 0.6) is 0 Å². The molecule has 51 heavy (non-hydrogen) atoms. The van der Waals surface area contributed by atoms with Crippen LogP contribution in [-0.4, -0.2) is 44.8 Å². The van der Waals surface area contributed by atoms with Gasteiger partial charge in [0.1, 0.15) is 0 Å². The van der Waals surface area contributed by atoms with E-state index < -0.39 is 16.8 Å². The molecule has 308 valence electrons. The number of methoxy groups -OCH3 is 1. The van der Waals surface area contributed by atoms with Crippen molar-refractivity contribution in [1.82, 2.24) is 0 Å². The number of hydrogen-bond donors (Lipinski definition) is 3. The van der Waals surface area contributed by atoms with Crippen LogP contribution in [0.3, 0.4) is 0 Å². The minimum absolute atomic E-state index is 0.0753. The van der Waals surface area contributed by atoms with Crippen molar-refractivity contribution in [3.05, 3.63) is 29.9 Å². The zero-order valence-corrected chi connectivity index (χ0v) is 37.9. The molecule has 5 nitrogen and oxygen atoms in total. The van der Waals surface area contributed by atoms with Gasteiger partial charge in [-0.3, -0.25) is 0 Å². The molecule has 0 aromatic heterocycles. The van der Waals surface area contributed by atoms with Gasteiger partial charge in [-0.1, -0.05) is 118 Å². The standard InChI is InChI=1S/C12H24O.C11H22O.2C11H24O.CO/c1-5-8-11(3)9-7-10-12(4,13)6-2;1-6-11(4,12-5)9-7-8-10(2)3;1-6-11(5,12)8-7-10(4)9(2)3;1-5-10(3)8-7-9-11(4,12)6-2;1-2/h9,13H,5-8,10H2,1-4H3;8H,6-7,9H2,1-5H3;9-10,12H,6-8H2,1-5H3;10,12H,5-9H2,1-4H3;/b11-9+;;;;. The maximum atomic E-state index is 9.75. The number of allylic oxidation sites excluding steroid dienone is 4. The predicted molar refractivity (Wildman–Crippen MR) is 225 cm³/mol. The van der Waals surface area contributed by atoms with Gasteiger partial charge < -0.3 is 20.1 Å². The molecule has 0 aliphatic heterocycles. The molecule has 0 amide bonds. The monoisotopic (exact) mass is 727 g/mol. The SMILES string of the molecule is CCC(C)(CCC=C(C)C)OC.CCC(C)(O)CCC(C)C(C)C.CCC(C)CCCC(C)(O)CC.CCC/C(C)=C/CCC(C)(O)CC.[C-]#[O+]. The zero-order chi connectivity index (χ0) is 41.3. The zero-order valence-electron chi connectivity index (χ0n) is 37.9. The Labute approximate surface area is 321 Å². The van der Waals surface area contributed by atoms with Crippen molar-refractivity contribution in [1.29, 1.82) is 0 Å². The van der Waals surface area contributed by atoms with E-state index in [-0.39, 0.29) is 5.60 Å². The molecular weight excluding hydrogens is 633 g/mol. The Balaban J connectivity index is -0.000000181. The average molecular weight is 727 g/mol. The quantitative estimate of drug-likeness (QED) is 0.0588. The van der Waals surface area contributed by atoms with Gasteiger partial charge >= 0.3 is 11.3 Å². The third-order valence-electron chi connectivity index (χ3n) is 11.0. The Morgan fingerprint density at radius 1 is 0.667 bits per heavy atom. The molecule has 6 unspecified atom stereocenters. The van der Waals surface area contributed by atoms with Crippen LogP contribution in [0.2, 0.25) is 0 Å². The molecule has 0 aromatic rings. The summed E-state index contributed by atoms with van der Waals surface area (Å²) < 4.78 is 12.9. The van der Waals surface area contributed by atoms with Crippen LogP contribution >= 0.6 is 0 Å². The summed E-state index contributed by atoms with van der Waals surface area (Å²) in [6.07, 6.45) is 21.4. The van der Waals surface area contributed by atoms with Gasteiger partial charge in [-0.15, -0.1) is 0 Å². The molecule has 3 N–H and O–H groups in total. The van der Waals surface area contributed by atoms with E-state index in [0.717, 1.165) is 94.8 Å². The average Bonchev–Trinajstić information content (AvgIpc) is 3.08. The van der Waals surface area contributed by atoms with Crippen molar-refractivity contribution in [2.75, 3.05) is 7.11 Å². The van der Waals surface area contributed by atoms with E-state index in [4.69, 9.17) is 9.39 Å². The fraction of sp³-hybridized carbons (Fsp3) is 0.891. The Morgan fingerprint density at radius 2 is 1.12 bits per heavy atom. The van der Waals surface area contributed by atoms with Crippen LogP contribution in [0.25, 0.3) is 0 Å². The summed E-state index contributed by atoms with van der Waals surface area (Å²) in [4.78, 5) is 0. The predicted octanol–water partition coefficient (Wildman–Crippen LogP) is 13.8. The van der Waals surface area contributed by atoms with Crippen LogP contribution in [0.1, 0.15) is 220 Å². The Morgan fingerprint density at radius 3 is 1.49 bits per heavy atom. The Kier molecular flexibility index (Phi) is 40.5. The first-order valence-electron chi connectivity index (χ1n) is 20.7. The van der Waals surface area contributed by atoms with Gasteiger partial charge in [0.15, 0.2) is 0 Å². The molecule has 0 bridgehead atoms. The molecule has 6 atom stereocenters. The van der Waals surface area contributed by atoms with Crippen molar-refractivity contribution in [2.24, 2.45) is 17.8 Å². The fourth-order valence-electron chi connectivity index (χ4n) is 4.65. The number of aliphatic hydroxyl groups is 3. The summed E-state index contributed by atoms with van der Waals surface area (Å²) >= 11 is 0. The second kappa shape index (κ2) is 34.8. The first kappa shape index (κ1) is 59.3. The van der Waals surface area contributed by atoms with E-state index in [1.165, 1.54) is 36.8 Å². The first-order chi connectivity index (χ1) is 23.5. The van der Waals surface area contributed by atoms with E-state index in [2.05, 4.69) is 95.0 Å². The second-order valence-electron chi connectivity index (χ2n) is 16.9. The van der Waals surface area contributed by atoms with Gasteiger partial charge in [0.2, 0.25) is 0 Å². The van der Waals surface area contributed by atoms with Crippen molar-refractivity contribution < 1.29 is 24.7 Å². The van der Waals surface area contributed by atoms with Gasteiger partial charge in [-0.2, -0.15) is 0 Å². The molecule has 0 saturated heterocycles. The molecule has 0 aromatic carbocycles. The molecule has 0 heterocycles. The van der Waals surface area contributed by atoms with E-state index in [1.807, 2.05) is 41.5 Å². The molecule has 0 spiro atoms. The molecule has 0 aliphatic rings. The van der Waals surface area contributed by atoms with E-state index >= 15 is 0 Å². The maximum absolute atomic E-state index is 9.75. The van der Waals surface area contributed by atoms with E-state index in [1.54, 1.807) is 7.11 Å². The summed E-state index contributed by atoms with van der Waals surface area (Å²) in [5.41, 5.74) is 1.59. The number of hydrogen-bond acceptors (Lipinski definition) is 4. The van der Waals surface area contributed by atoms with Crippen molar-refractivity contribution >= 4 is 0 Å². The Bertz CT molecular complexity index is 826. The summed E-state index contributed by atoms with van der Waals surface area (Å²) in [5, 5.41) is 29.2. The summed E-state index contributed by atoms with van der Waals surface area (Å²) in [5.74, 6) is 2.28. The summed E-state index contributed by atoms with van der Waals surface area (Å²) in [7, 11) is 1.80. The molecule has 0 radical (unpaired) electrons. The van der Waals surface area contributed by atoms with Gasteiger partial charge in [0, 0.05) is 7.11 Å². The van der Waals surface area contributed by atoms with Crippen LogP contribution in [0.15, 0.2) is 23.3 Å². The van der Waals surface area contributed by atoms with Crippen molar-refractivity contribution in [3.8, 4) is 0 Å². The molecule has 0 saturated carbocycles. The molecule has 5 heteroatoms. The van der Waals surface area contributed by atoms with Crippen LogP contribution in [-0.2, 0) is 9.39 Å². The fourth-order valence-corrected chi connectivity index (χ4v) is 4.65. The molecule has 0 fully saturated rings. The summed E-state index contributed by atoms with van der Waals surface area (Å²) in [6, 6.07) is 0. The van der Waals surface area contributed by atoms with Crippen LogP contribution in [0.4, 0.5) is 0 Å². The minimum atomic E-state index is -0.469. The van der Waals surface area contributed by atoms with Gasteiger partial charge in [-0.25, -0.2) is 0 Å².